The average Bonchev–Trinajstić information content (AvgIpc) is 2.89. The summed E-state index contributed by atoms with van der Waals surface area (Å²) in [6.07, 6.45) is -5.71. The van der Waals surface area contributed by atoms with Gasteiger partial charge < -0.3 is 20.9 Å². The van der Waals surface area contributed by atoms with Crippen LogP contribution in [-0.4, -0.2) is 36.3 Å². The number of esters is 1. The summed E-state index contributed by atoms with van der Waals surface area (Å²) in [7, 11) is 0. The lowest BCUT2D eigenvalue weighted by molar-refractivity contribution is -0.141. The largest absolute Gasteiger partial charge is 0.478 e. The van der Waals surface area contributed by atoms with E-state index in [0.717, 1.165) is 34.3 Å². The Hall–Kier alpha value is -2.66. The van der Waals surface area contributed by atoms with E-state index in [4.69, 9.17) is 20.9 Å². The first-order valence-corrected chi connectivity index (χ1v) is 8.46. The van der Waals surface area contributed by atoms with E-state index < -0.39 is 29.8 Å². The predicted octanol–water partition coefficient (Wildman–Crippen LogP) is 2.09. The number of hydrazine groups is 1. The summed E-state index contributed by atoms with van der Waals surface area (Å²) in [5.74, 6) is -1.73. The van der Waals surface area contributed by atoms with Crippen LogP contribution in [0.2, 0.25) is 0 Å². The van der Waals surface area contributed by atoms with E-state index in [0.29, 0.717) is 0 Å². The maximum absolute atomic E-state index is 12.8. The maximum Gasteiger partial charge on any atom is 0.416 e. The fourth-order valence-corrected chi connectivity index (χ4v) is 2.68. The number of rotatable bonds is 6. The Morgan fingerprint density at radius 2 is 1.72 bits per heavy atom. The molecule has 1 unspecified atom stereocenters. The van der Waals surface area contributed by atoms with Crippen LogP contribution in [0.5, 0.6) is 0 Å². The molecule has 0 saturated carbocycles. The number of benzene rings is 1. The van der Waals surface area contributed by atoms with Gasteiger partial charge in [0, 0.05) is 0 Å². The maximum atomic E-state index is 12.8. The second-order valence-corrected chi connectivity index (χ2v) is 5.73. The average molecular weight is 439 g/mol. The van der Waals surface area contributed by atoms with Gasteiger partial charge in [-0.3, -0.25) is 4.79 Å². The first-order chi connectivity index (χ1) is 13.1. The standard InChI is InChI=1S/C17H21F3N4O4.ClH/c1-3-27-15(22)14(16(26)28-4-2)24-12(21)9-13(25)23(24)11-7-5-10(6-8-11)17(18,19)20;/h5-8,12H,3-4,9,21-22H2,1-2H3;1H. The zero-order valence-electron chi connectivity index (χ0n) is 15.7. The van der Waals surface area contributed by atoms with Gasteiger partial charge in [-0.1, -0.05) is 0 Å². The van der Waals surface area contributed by atoms with Crippen molar-refractivity contribution < 1.29 is 32.2 Å². The minimum atomic E-state index is -4.53. The molecule has 2 rings (SSSR count). The molecule has 1 fully saturated rings. The number of hydrogen-bond acceptors (Lipinski definition) is 7. The molecule has 29 heavy (non-hydrogen) atoms. The Labute approximate surface area is 171 Å². The van der Waals surface area contributed by atoms with Gasteiger partial charge >= 0.3 is 12.1 Å². The fourth-order valence-electron chi connectivity index (χ4n) is 2.68. The summed E-state index contributed by atoms with van der Waals surface area (Å²) in [5, 5.41) is 2.07. The molecule has 0 spiro atoms. The lowest BCUT2D eigenvalue weighted by Gasteiger charge is -2.33. The Morgan fingerprint density at radius 3 is 2.21 bits per heavy atom. The summed E-state index contributed by atoms with van der Waals surface area (Å²) in [4.78, 5) is 24.9. The number of amides is 1. The monoisotopic (exact) mass is 438 g/mol. The lowest BCUT2D eigenvalue weighted by Crippen LogP contribution is -2.48. The summed E-state index contributed by atoms with van der Waals surface area (Å²) >= 11 is 0. The van der Waals surface area contributed by atoms with Gasteiger partial charge in [0.05, 0.1) is 30.9 Å². The molecule has 1 aliphatic rings. The van der Waals surface area contributed by atoms with Crippen molar-refractivity contribution in [2.24, 2.45) is 11.5 Å². The molecular formula is C17H22ClF3N4O4. The molecule has 1 saturated heterocycles. The van der Waals surface area contributed by atoms with E-state index in [1.54, 1.807) is 13.8 Å². The number of hydrogen-bond donors (Lipinski definition) is 2. The number of nitrogens with two attached hydrogens (primary N) is 2. The Kier molecular flexibility index (Phi) is 8.15. The number of carbonyl (C=O) groups excluding carboxylic acids is 2. The van der Waals surface area contributed by atoms with Crippen molar-refractivity contribution in [1.82, 2.24) is 5.01 Å². The third kappa shape index (κ3) is 5.24. The highest BCUT2D eigenvalue weighted by Crippen LogP contribution is 2.34. The van der Waals surface area contributed by atoms with Gasteiger partial charge in [0.15, 0.2) is 0 Å². The van der Waals surface area contributed by atoms with Gasteiger partial charge in [0.1, 0.15) is 6.17 Å². The number of ether oxygens (including phenoxy) is 2. The molecule has 1 amide bonds. The van der Waals surface area contributed by atoms with Crippen molar-refractivity contribution in [2.45, 2.75) is 32.6 Å². The molecule has 4 N–H and O–H groups in total. The quantitative estimate of drug-likeness (QED) is 0.397. The van der Waals surface area contributed by atoms with Crippen molar-refractivity contribution in [3.05, 3.63) is 41.4 Å². The van der Waals surface area contributed by atoms with Crippen LogP contribution < -0.4 is 16.5 Å². The molecule has 1 aromatic carbocycles. The minimum absolute atomic E-state index is 0. The van der Waals surface area contributed by atoms with E-state index in [1.807, 2.05) is 0 Å². The highest BCUT2D eigenvalue weighted by Gasteiger charge is 2.43. The van der Waals surface area contributed by atoms with Crippen LogP contribution in [0.15, 0.2) is 35.8 Å². The third-order valence-corrected chi connectivity index (χ3v) is 3.82. The molecule has 0 bridgehead atoms. The smallest absolute Gasteiger partial charge is 0.416 e. The van der Waals surface area contributed by atoms with Gasteiger partial charge in [-0.25, -0.2) is 14.8 Å². The highest BCUT2D eigenvalue weighted by atomic mass is 35.5. The molecule has 8 nitrogen and oxygen atoms in total. The molecule has 162 valence electrons. The lowest BCUT2D eigenvalue weighted by atomic mass is 10.2. The normalized spacial score (nSPS) is 17.6. The molecule has 1 atom stereocenters. The first kappa shape index (κ1) is 24.4. The molecule has 0 radical (unpaired) electrons. The Bertz CT molecular complexity index is 771. The van der Waals surface area contributed by atoms with Gasteiger partial charge in [0.25, 0.3) is 0 Å². The SMILES string of the molecule is CCOC(=O)C(=C(N)OCC)N1C(N)CC(=O)N1c1ccc(C(F)(F)F)cc1.Cl. The fraction of sp³-hybridized carbons (Fsp3) is 0.412. The second-order valence-electron chi connectivity index (χ2n) is 5.73. The number of carbonyl (C=O) groups is 2. The molecular weight excluding hydrogens is 417 g/mol. The first-order valence-electron chi connectivity index (χ1n) is 8.46. The van der Waals surface area contributed by atoms with E-state index in [9.17, 15) is 22.8 Å². The van der Waals surface area contributed by atoms with E-state index in [-0.39, 0.29) is 49.3 Å². The van der Waals surface area contributed by atoms with E-state index in [2.05, 4.69) is 0 Å². The van der Waals surface area contributed by atoms with Gasteiger partial charge in [-0.15, -0.1) is 12.4 Å². The molecule has 1 aliphatic heterocycles. The topological polar surface area (TPSA) is 111 Å². The Balaban J connectivity index is 0.00000420. The zero-order chi connectivity index (χ0) is 21.1. The van der Waals surface area contributed by atoms with Crippen molar-refractivity contribution in [3.8, 4) is 0 Å². The zero-order valence-corrected chi connectivity index (χ0v) is 16.5. The van der Waals surface area contributed by atoms with Crippen LogP contribution in [0, 0.1) is 0 Å². The second kappa shape index (κ2) is 9.70. The molecule has 0 aromatic heterocycles. The van der Waals surface area contributed by atoms with Gasteiger partial charge in [0.2, 0.25) is 17.5 Å². The Morgan fingerprint density at radius 1 is 1.17 bits per heavy atom. The van der Waals surface area contributed by atoms with Gasteiger partial charge in [-0.2, -0.15) is 13.2 Å². The summed E-state index contributed by atoms with van der Waals surface area (Å²) in [6, 6.07) is 3.85. The summed E-state index contributed by atoms with van der Waals surface area (Å²) in [6.45, 7) is 3.37. The van der Waals surface area contributed by atoms with Crippen LogP contribution in [0.1, 0.15) is 25.8 Å². The van der Waals surface area contributed by atoms with Crippen molar-refractivity contribution in [3.63, 3.8) is 0 Å². The van der Waals surface area contributed by atoms with Crippen LogP contribution >= 0.6 is 12.4 Å². The molecule has 0 aliphatic carbocycles. The number of halogens is 4. The number of anilines is 1. The number of nitrogens with zero attached hydrogens (tertiary/aromatic N) is 2. The summed E-state index contributed by atoms with van der Waals surface area (Å²) < 4.78 is 48.6. The van der Waals surface area contributed by atoms with Crippen molar-refractivity contribution in [2.75, 3.05) is 18.2 Å². The number of alkyl halides is 3. The molecule has 1 aromatic rings. The van der Waals surface area contributed by atoms with Crippen molar-refractivity contribution >= 4 is 30.0 Å². The van der Waals surface area contributed by atoms with E-state index >= 15 is 0 Å². The van der Waals surface area contributed by atoms with Crippen molar-refractivity contribution in [1.29, 1.82) is 0 Å². The third-order valence-electron chi connectivity index (χ3n) is 3.82. The van der Waals surface area contributed by atoms with Crippen LogP contribution in [0.25, 0.3) is 0 Å². The highest BCUT2D eigenvalue weighted by molar-refractivity contribution is 5.98. The predicted molar refractivity (Wildman–Crippen MR) is 100 cm³/mol. The van der Waals surface area contributed by atoms with E-state index in [1.165, 1.54) is 0 Å². The minimum Gasteiger partial charge on any atom is -0.478 e. The van der Waals surface area contributed by atoms with Crippen LogP contribution in [0.4, 0.5) is 18.9 Å². The molecule has 1 heterocycles. The molecule has 12 heteroatoms. The summed E-state index contributed by atoms with van der Waals surface area (Å²) in [5.41, 5.74) is 10.7. The van der Waals surface area contributed by atoms with Crippen LogP contribution in [-0.2, 0) is 25.2 Å². The van der Waals surface area contributed by atoms with Crippen LogP contribution in [0.3, 0.4) is 0 Å². The van der Waals surface area contributed by atoms with Gasteiger partial charge in [-0.05, 0) is 38.1 Å².